The topological polar surface area (TPSA) is 101 Å². The van der Waals surface area contributed by atoms with Crippen molar-refractivity contribution in [3.8, 4) is 0 Å². The van der Waals surface area contributed by atoms with E-state index in [1.807, 2.05) is 0 Å². The summed E-state index contributed by atoms with van der Waals surface area (Å²) in [6.45, 7) is 1.66. The first-order valence-corrected chi connectivity index (χ1v) is 7.52. The fourth-order valence-electron chi connectivity index (χ4n) is 2.25. The highest BCUT2D eigenvalue weighted by atomic mass is 32.2. The Labute approximate surface area is 126 Å². The molecule has 21 heavy (non-hydrogen) atoms. The number of hydrogen-bond donors (Lipinski definition) is 2. The van der Waals surface area contributed by atoms with E-state index in [-0.39, 0.29) is 17.2 Å². The molecular formula is C13H15N5O2S. The number of anilines is 1. The number of hydrogen-bond acceptors (Lipinski definition) is 7. The SMILES string of the molecule is NC1CCN(c2nccc(/C=C3\SC(=O)NC3=O)n2)CC1. The van der Waals surface area contributed by atoms with Crippen LogP contribution in [0.5, 0.6) is 0 Å². The summed E-state index contributed by atoms with van der Waals surface area (Å²) in [6.07, 6.45) is 5.09. The molecule has 2 saturated heterocycles. The number of aromatic nitrogens is 2. The molecular weight excluding hydrogens is 290 g/mol. The van der Waals surface area contributed by atoms with Gasteiger partial charge >= 0.3 is 0 Å². The van der Waals surface area contributed by atoms with Crippen molar-refractivity contribution >= 4 is 34.9 Å². The van der Waals surface area contributed by atoms with Crippen molar-refractivity contribution in [2.75, 3.05) is 18.0 Å². The van der Waals surface area contributed by atoms with Crippen LogP contribution in [0.15, 0.2) is 17.2 Å². The number of carbonyl (C=O) groups is 2. The Bertz CT molecular complexity index is 610. The zero-order valence-electron chi connectivity index (χ0n) is 11.3. The van der Waals surface area contributed by atoms with Gasteiger partial charge in [0.1, 0.15) is 0 Å². The van der Waals surface area contributed by atoms with E-state index in [9.17, 15) is 9.59 Å². The molecule has 0 aliphatic carbocycles. The Morgan fingerprint density at radius 1 is 1.38 bits per heavy atom. The van der Waals surface area contributed by atoms with Gasteiger partial charge in [-0.3, -0.25) is 14.9 Å². The lowest BCUT2D eigenvalue weighted by molar-refractivity contribution is -0.115. The van der Waals surface area contributed by atoms with E-state index in [1.54, 1.807) is 18.3 Å². The summed E-state index contributed by atoms with van der Waals surface area (Å²) in [5, 5.41) is 1.86. The molecule has 0 aromatic carbocycles. The monoisotopic (exact) mass is 305 g/mol. The molecule has 3 N–H and O–H groups in total. The van der Waals surface area contributed by atoms with Gasteiger partial charge in [-0.1, -0.05) is 0 Å². The van der Waals surface area contributed by atoms with Crippen molar-refractivity contribution in [1.29, 1.82) is 0 Å². The maximum atomic E-state index is 11.5. The lowest BCUT2D eigenvalue weighted by Gasteiger charge is -2.30. The lowest BCUT2D eigenvalue weighted by Crippen LogP contribution is -2.40. The summed E-state index contributed by atoms with van der Waals surface area (Å²) >= 11 is 0.881. The van der Waals surface area contributed by atoms with E-state index >= 15 is 0 Å². The highest BCUT2D eigenvalue weighted by Gasteiger charge is 2.25. The number of nitrogens with two attached hydrogens (primary N) is 1. The molecule has 2 amide bonds. The number of thioether (sulfide) groups is 1. The summed E-state index contributed by atoms with van der Waals surface area (Å²) in [5.41, 5.74) is 6.50. The predicted molar refractivity (Wildman–Crippen MR) is 80.6 cm³/mol. The van der Waals surface area contributed by atoms with Crippen molar-refractivity contribution in [3.05, 3.63) is 22.9 Å². The Balaban J connectivity index is 1.79. The first-order chi connectivity index (χ1) is 10.1. The molecule has 1 aromatic heterocycles. The fourth-order valence-corrected chi connectivity index (χ4v) is 2.92. The predicted octanol–water partition coefficient (Wildman–Crippen LogP) is 0.728. The minimum Gasteiger partial charge on any atom is -0.341 e. The van der Waals surface area contributed by atoms with Crippen LogP contribution < -0.4 is 16.0 Å². The van der Waals surface area contributed by atoms with Crippen LogP contribution in [0.4, 0.5) is 10.7 Å². The molecule has 2 aliphatic heterocycles. The van der Waals surface area contributed by atoms with Gasteiger partial charge in [-0.2, -0.15) is 0 Å². The van der Waals surface area contributed by atoms with Gasteiger partial charge in [0.2, 0.25) is 5.95 Å². The molecule has 7 nitrogen and oxygen atoms in total. The molecule has 2 aliphatic rings. The van der Waals surface area contributed by atoms with Crippen LogP contribution in [0.25, 0.3) is 6.08 Å². The molecule has 0 unspecified atom stereocenters. The van der Waals surface area contributed by atoms with Gasteiger partial charge < -0.3 is 10.6 Å². The van der Waals surface area contributed by atoms with Crippen molar-refractivity contribution in [1.82, 2.24) is 15.3 Å². The lowest BCUT2D eigenvalue weighted by atomic mass is 10.1. The third-order valence-corrected chi connectivity index (χ3v) is 4.22. The Hall–Kier alpha value is -1.93. The first-order valence-electron chi connectivity index (χ1n) is 6.70. The molecule has 2 fully saturated rings. The highest BCUT2D eigenvalue weighted by Crippen LogP contribution is 2.25. The van der Waals surface area contributed by atoms with E-state index in [1.165, 1.54) is 0 Å². The minimum absolute atomic E-state index is 0.246. The second-order valence-corrected chi connectivity index (χ2v) is 5.97. The Kier molecular flexibility index (Phi) is 3.89. The smallest absolute Gasteiger partial charge is 0.290 e. The van der Waals surface area contributed by atoms with Crippen LogP contribution >= 0.6 is 11.8 Å². The van der Waals surface area contributed by atoms with Crippen molar-refractivity contribution in [3.63, 3.8) is 0 Å². The molecule has 0 bridgehead atoms. The molecule has 3 rings (SSSR count). The summed E-state index contributed by atoms with van der Waals surface area (Å²) in [6, 6.07) is 1.96. The number of nitrogens with one attached hydrogen (secondary N) is 1. The molecule has 1 aromatic rings. The van der Waals surface area contributed by atoms with Gasteiger partial charge in [0, 0.05) is 25.3 Å². The van der Waals surface area contributed by atoms with Crippen molar-refractivity contribution in [2.45, 2.75) is 18.9 Å². The normalized spacial score (nSPS) is 22.0. The average Bonchev–Trinajstić information content (AvgIpc) is 2.78. The number of imide groups is 1. The second-order valence-electron chi connectivity index (χ2n) is 4.96. The van der Waals surface area contributed by atoms with E-state index in [4.69, 9.17) is 5.73 Å². The molecule has 3 heterocycles. The number of nitrogens with zero attached hydrogens (tertiary/aromatic N) is 3. The van der Waals surface area contributed by atoms with Crippen molar-refractivity contribution < 1.29 is 9.59 Å². The third kappa shape index (κ3) is 3.22. The fraction of sp³-hybridized carbons (Fsp3) is 0.385. The summed E-state index contributed by atoms with van der Waals surface area (Å²) in [5.74, 6) is 0.250. The van der Waals surface area contributed by atoms with Crippen LogP contribution in [0, 0.1) is 0 Å². The van der Waals surface area contributed by atoms with Gasteiger partial charge in [0.25, 0.3) is 11.1 Å². The van der Waals surface area contributed by atoms with Gasteiger partial charge in [-0.15, -0.1) is 0 Å². The zero-order valence-corrected chi connectivity index (χ0v) is 12.1. The molecule has 110 valence electrons. The van der Waals surface area contributed by atoms with Gasteiger partial charge in [0.05, 0.1) is 10.6 Å². The quantitative estimate of drug-likeness (QED) is 0.777. The average molecular weight is 305 g/mol. The number of rotatable bonds is 2. The molecule has 0 radical (unpaired) electrons. The van der Waals surface area contributed by atoms with Gasteiger partial charge in [0.15, 0.2) is 0 Å². The van der Waals surface area contributed by atoms with Crippen LogP contribution in [0.1, 0.15) is 18.5 Å². The van der Waals surface area contributed by atoms with E-state index < -0.39 is 0 Å². The minimum atomic E-state index is -0.380. The molecule has 0 saturated carbocycles. The standard InChI is InChI=1S/C13H15N5O2S/c14-8-2-5-18(6-3-8)12-15-4-1-9(16-12)7-10-11(19)17-13(20)21-10/h1,4,7-8H,2-3,5-6,14H2,(H,17,19,20)/b10-7-. The van der Waals surface area contributed by atoms with Crippen molar-refractivity contribution in [2.24, 2.45) is 5.73 Å². The van der Waals surface area contributed by atoms with Gasteiger partial charge in [-0.25, -0.2) is 9.97 Å². The third-order valence-electron chi connectivity index (χ3n) is 3.41. The van der Waals surface area contributed by atoms with Crippen LogP contribution in [0.3, 0.4) is 0 Å². The van der Waals surface area contributed by atoms with E-state index in [2.05, 4.69) is 20.2 Å². The van der Waals surface area contributed by atoms with E-state index in [0.717, 1.165) is 37.7 Å². The number of carbonyl (C=O) groups excluding carboxylic acids is 2. The van der Waals surface area contributed by atoms with Gasteiger partial charge in [-0.05, 0) is 36.7 Å². The zero-order chi connectivity index (χ0) is 14.8. The highest BCUT2D eigenvalue weighted by molar-refractivity contribution is 8.18. The Morgan fingerprint density at radius 3 is 2.81 bits per heavy atom. The maximum Gasteiger partial charge on any atom is 0.290 e. The number of piperidine rings is 1. The van der Waals surface area contributed by atoms with Crippen LogP contribution in [-0.4, -0.2) is 40.2 Å². The van der Waals surface area contributed by atoms with Crippen LogP contribution in [0.2, 0.25) is 0 Å². The maximum absolute atomic E-state index is 11.5. The summed E-state index contributed by atoms with van der Waals surface area (Å²) in [7, 11) is 0. The molecule has 8 heteroatoms. The Morgan fingerprint density at radius 2 is 2.14 bits per heavy atom. The second kappa shape index (κ2) is 5.82. The summed E-state index contributed by atoms with van der Waals surface area (Å²) < 4.78 is 0. The molecule has 0 atom stereocenters. The van der Waals surface area contributed by atoms with E-state index in [0.29, 0.717) is 16.5 Å². The largest absolute Gasteiger partial charge is 0.341 e. The summed E-state index contributed by atoms with van der Waals surface area (Å²) in [4.78, 5) is 33.8. The van der Waals surface area contributed by atoms with Crippen LogP contribution in [-0.2, 0) is 4.79 Å². The number of amides is 2. The first kappa shape index (κ1) is 14.0. The molecule has 0 spiro atoms.